The molecule has 2 aromatic carbocycles. The molecule has 1 N–H and O–H groups in total. The van der Waals surface area contributed by atoms with E-state index in [0.717, 1.165) is 51.9 Å². The van der Waals surface area contributed by atoms with Crippen LogP contribution in [0.1, 0.15) is 23.1 Å². The Morgan fingerprint density at radius 1 is 1.11 bits per heavy atom. The molecule has 1 unspecified atom stereocenters. The Hall–Kier alpha value is -2.70. The van der Waals surface area contributed by atoms with Crippen molar-refractivity contribution in [3.05, 3.63) is 64.6 Å². The molecule has 1 aliphatic heterocycles. The molecule has 0 spiro atoms. The predicted octanol–water partition coefficient (Wildman–Crippen LogP) is 3.82. The van der Waals surface area contributed by atoms with E-state index in [1.54, 1.807) is 0 Å². The summed E-state index contributed by atoms with van der Waals surface area (Å²) in [6.07, 6.45) is 0. The number of halogens is 1. The molecule has 4 aromatic rings. The second-order valence-corrected chi connectivity index (χ2v) is 7.58. The van der Waals surface area contributed by atoms with Crippen LogP contribution in [0.3, 0.4) is 0 Å². The van der Waals surface area contributed by atoms with Crippen molar-refractivity contribution in [2.75, 3.05) is 13.6 Å². The van der Waals surface area contributed by atoms with Crippen LogP contribution in [0.25, 0.3) is 22.3 Å². The summed E-state index contributed by atoms with van der Waals surface area (Å²) >= 11 is 6.09. The number of hydrogen-bond donors (Lipinski definition) is 1. The molecule has 0 saturated carbocycles. The second kappa shape index (κ2) is 6.18. The summed E-state index contributed by atoms with van der Waals surface area (Å²) in [6, 6.07) is 14.5. The summed E-state index contributed by atoms with van der Waals surface area (Å²) in [5, 5.41) is 18.2. The van der Waals surface area contributed by atoms with Gasteiger partial charge < -0.3 is 4.57 Å². The van der Waals surface area contributed by atoms with E-state index in [2.05, 4.69) is 67.2 Å². The molecule has 0 bridgehead atoms. The van der Waals surface area contributed by atoms with Gasteiger partial charge in [-0.3, -0.25) is 10.00 Å². The Balaban J connectivity index is 1.67. The van der Waals surface area contributed by atoms with Gasteiger partial charge in [-0.25, -0.2) is 0 Å². The number of hydrogen-bond acceptors (Lipinski definition) is 4. The molecule has 0 amide bonds. The standard InChI is InChI=1S/C20H19ClN6/c1-12-16-9-14(5-8-17(16)23-22-12)20-25-24-19-11-26(2)10-18(27(19)20)13-3-6-15(21)7-4-13/h3-9,18H,10-11H2,1-2H3,(H,22,23). The zero-order valence-electron chi connectivity index (χ0n) is 15.1. The molecular formula is C20H19ClN6. The number of likely N-dealkylation sites (N-methyl/N-ethyl adjacent to an activating group) is 1. The Bertz CT molecular complexity index is 1130. The molecule has 136 valence electrons. The Kier molecular flexibility index (Phi) is 3.77. The molecule has 0 saturated heterocycles. The summed E-state index contributed by atoms with van der Waals surface area (Å²) in [4.78, 5) is 2.27. The highest BCUT2D eigenvalue weighted by atomic mass is 35.5. The minimum Gasteiger partial charge on any atom is -0.301 e. The van der Waals surface area contributed by atoms with Crippen LogP contribution in [0, 0.1) is 6.92 Å². The normalized spacial score (nSPS) is 17.4. The first kappa shape index (κ1) is 16.5. The molecule has 1 atom stereocenters. The van der Waals surface area contributed by atoms with E-state index < -0.39 is 0 Å². The van der Waals surface area contributed by atoms with Crippen molar-refractivity contribution in [1.82, 2.24) is 29.9 Å². The Morgan fingerprint density at radius 3 is 2.74 bits per heavy atom. The van der Waals surface area contributed by atoms with Gasteiger partial charge in [-0.15, -0.1) is 10.2 Å². The van der Waals surface area contributed by atoms with Crippen LogP contribution in [0.2, 0.25) is 5.02 Å². The number of aromatic nitrogens is 5. The first-order valence-electron chi connectivity index (χ1n) is 8.93. The number of fused-ring (bicyclic) bond motifs is 2. The van der Waals surface area contributed by atoms with E-state index >= 15 is 0 Å². The van der Waals surface area contributed by atoms with Crippen molar-refractivity contribution >= 4 is 22.5 Å². The van der Waals surface area contributed by atoms with Crippen molar-refractivity contribution in [2.45, 2.75) is 19.5 Å². The average molecular weight is 379 g/mol. The molecule has 1 aliphatic rings. The van der Waals surface area contributed by atoms with Gasteiger partial charge in [0.1, 0.15) is 5.82 Å². The summed E-state index contributed by atoms with van der Waals surface area (Å²) in [5.74, 6) is 1.86. The van der Waals surface area contributed by atoms with Gasteiger partial charge in [-0.05, 0) is 49.9 Å². The lowest BCUT2D eigenvalue weighted by Gasteiger charge is -2.32. The Morgan fingerprint density at radius 2 is 1.93 bits per heavy atom. The fourth-order valence-corrected chi connectivity index (χ4v) is 3.99. The SMILES string of the molecule is Cc1n[nH]c2ccc(-c3nnc4n3C(c3ccc(Cl)cc3)CN(C)C4)cc12. The van der Waals surface area contributed by atoms with Gasteiger partial charge in [-0.2, -0.15) is 5.10 Å². The lowest BCUT2D eigenvalue weighted by Crippen LogP contribution is -2.35. The molecular weight excluding hydrogens is 360 g/mol. The second-order valence-electron chi connectivity index (χ2n) is 7.14. The zero-order chi connectivity index (χ0) is 18.5. The third kappa shape index (κ3) is 2.72. The topological polar surface area (TPSA) is 62.6 Å². The number of rotatable bonds is 2. The smallest absolute Gasteiger partial charge is 0.164 e. The van der Waals surface area contributed by atoms with Crippen molar-refractivity contribution in [1.29, 1.82) is 0 Å². The highest BCUT2D eigenvalue weighted by Gasteiger charge is 2.29. The van der Waals surface area contributed by atoms with Crippen LogP contribution in [0.5, 0.6) is 0 Å². The van der Waals surface area contributed by atoms with E-state index in [-0.39, 0.29) is 6.04 Å². The lowest BCUT2D eigenvalue weighted by molar-refractivity contribution is 0.240. The minimum absolute atomic E-state index is 0.141. The third-order valence-electron chi connectivity index (χ3n) is 5.24. The third-order valence-corrected chi connectivity index (χ3v) is 5.49. The fourth-order valence-electron chi connectivity index (χ4n) is 3.86. The lowest BCUT2D eigenvalue weighted by atomic mass is 10.0. The van der Waals surface area contributed by atoms with Crippen molar-refractivity contribution in [2.24, 2.45) is 0 Å². The predicted molar refractivity (Wildman–Crippen MR) is 106 cm³/mol. The highest BCUT2D eigenvalue weighted by Crippen LogP contribution is 2.33. The van der Waals surface area contributed by atoms with Crippen LogP contribution in [-0.2, 0) is 6.54 Å². The molecule has 7 heteroatoms. The van der Waals surface area contributed by atoms with Gasteiger partial charge in [0, 0.05) is 22.5 Å². The van der Waals surface area contributed by atoms with Gasteiger partial charge >= 0.3 is 0 Å². The molecule has 0 aliphatic carbocycles. The number of aromatic amines is 1. The first-order chi connectivity index (χ1) is 13.1. The molecule has 3 heterocycles. The van der Waals surface area contributed by atoms with Gasteiger partial charge in [0.15, 0.2) is 5.82 Å². The van der Waals surface area contributed by atoms with E-state index in [1.807, 2.05) is 19.1 Å². The number of nitrogens with one attached hydrogen (secondary N) is 1. The van der Waals surface area contributed by atoms with Crippen LogP contribution in [0.4, 0.5) is 0 Å². The van der Waals surface area contributed by atoms with E-state index in [1.165, 1.54) is 5.56 Å². The fraction of sp³-hybridized carbons (Fsp3) is 0.250. The maximum Gasteiger partial charge on any atom is 0.164 e. The van der Waals surface area contributed by atoms with Gasteiger partial charge in [0.25, 0.3) is 0 Å². The highest BCUT2D eigenvalue weighted by molar-refractivity contribution is 6.30. The molecule has 5 rings (SSSR count). The summed E-state index contributed by atoms with van der Waals surface area (Å²) in [7, 11) is 2.11. The summed E-state index contributed by atoms with van der Waals surface area (Å²) < 4.78 is 2.26. The number of nitrogens with zero attached hydrogens (tertiary/aromatic N) is 5. The maximum absolute atomic E-state index is 6.09. The van der Waals surface area contributed by atoms with Gasteiger partial charge in [0.2, 0.25) is 0 Å². The quantitative estimate of drug-likeness (QED) is 0.576. The number of benzene rings is 2. The van der Waals surface area contributed by atoms with Gasteiger partial charge in [-0.1, -0.05) is 23.7 Å². The molecule has 0 radical (unpaired) electrons. The molecule has 0 fully saturated rings. The number of H-pyrrole nitrogens is 1. The first-order valence-corrected chi connectivity index (χ1v) is 9.31. The largest absolute Gasteiger partial charge is 0.301 e. The Labute approximate surface area is 161 Å². The van der Waals surface area contributed by atoms with Crippen molar-refractivity contribution < 1.29 is 0 Å². The van der Waals surface area contributed by atoms with E-state index in [0.29, 0.717) is 0 Å². The summed E-state index contributed by atoms with van der Waals surface area (Å²) in [5.41, 5.74) is 4.27. The van der Waals surface area contributed by atoms with Crippen LogP contribution < -0.4 is 0 Å². The zero-order valence-corrected chi connectivity index (χ0v) is 15.9. The summed E-state index contributed by atoms with van der Waals surface area (Å²) in [6.45, 7) is 3.68. The molecule has 2 aromatic heterocycles. The van der Waals surface area contributed by atoms with Crippen LogP contribution >= 0.6 is 11.6 Å². The molecule has 6 nitrogen and oxygen atoms in total. The van der Waals surface area contributed by atoms with Crippen LogP contribution in [-0.4, -0.2) is 43.5 Å². The average Bonchev–Trinajstić information content (AvgIpc) is 3.25. The van der Waals surface area contributed by atoms with E-state index in [9.17, 15) is 0 Å². The van der Waals surface area contributed by atoms with Crippen molar-refractivity contribution in [3.63, 3.8) is 0 Å². The maximum atomic E-state index is 6.09. The van der Waals surface area contributed by atoms with Crippen molar-refractivity contribution in [3.8, 4) is 11.4 Å². The monoisotopic (exact) mass is 378 g/mol. The minimum atomic E-state index is 0.141. The van der Waals surface area contributed by atoms with Crippen LogP contribution in [0.15, 0.2) is 42.5 Å². The number of aryl methyl sites for hydroxylation is 1. The van der Waals surface area contributed by atoms with Gasteiger partial charge in [0.05, 0.1) is 23.8 Å². The molecule has 27 heavy (non-hydrogen) atoms. The van der Waals surface area contributed by atoms with E-state index in [4.69, 9.17) is 11.6 Å².